The molecule has 0 saturated carbocycles. The molecule has 2 N–H and O–H groups in total. The van der Waals surface area contributed by atoms with E-state index >= 15 is 0 Å². The van der Waals surface area contributed by atoms with Gasteiger partial charge in [-0.1, -0.05) is 12.1 Å². The van der Waals surface area contributed by atoms with Gasteiger partial charge in [-0.15, -0.1) is 0 Å². The van der Waals surface area contributed by atoms with E-state index in [1.54, 1.807) is 29.9 Å². The Morgan fingerprint density at radius 3 is 2.95 bits per heavy atom. The average Bonchev–Trinajstić information content (AvgIpc) is 2.80. The van der Waals surface area contributed by atoms with Gasteiger partial charge in [0, 0.05) is 12.2 Å². The van der Waals surface area contributed by atoms with E-state index < -0.39 is 0 Å². The van der Waals surface area contributed by atoms with Crippen molar-refractivity contribution in [1.29, 1.82) is 0 Å². The number of anilines is 1. The van der Waals surface area contributed by atoms with Crippen molar-refractivity contribution in [3.63, 3.8) is 0 Å². The van der Waals surface area contributed by atoms with Crippen LogP contribution in [0.3, 0.4) is 0 Å². The van der Waals surface area contributed by atoms with E-state index in [9.17, 15) is 4.39 Å². The zero-order valence-electron chi connectivity index (χ0n) is 11.1. The van der Waals surface area contributed by atoms with Crippen LogP contribution in [-0.2, 0) is 6.54 Å². The molecule has 4 nitrogen and oxygen atoms in total. The lowest BCUT2D eigenvalue weighted by Gasteiger charge is -2.14. The summed E-state index contributed by atoms with van der Waals surface area (Å²) in [5.41, 5.74) is 2.38. The Balaban J connectivity index is 2.06. The Hall–Kier alpha value is -1.88. The quantitative estimate of drug-likeness (QED) is 0.871. The van der Waals surface area contributed by atoms with Crippen molar-refractivity contribution in [1.82, 2.24) is 9.78 Å². The first-order chi connectivity index (χ1) is 9.10. The van der Waals surface area contributed by atoms with Gasteiger partial charge in [0.1, 0.15) is 5.82 Å². The maximum absolute atomic E-state index is 13.5. The molecular formula is C14H18FN3O. The molecule has 1 atom stereocenters. The van der Waals surface area contributed by atoms with Gasteiger partial charge in [0.05, 0.1) is 25.0 Å². The molecule has 19 heavy (non-hydrogen) atoms. The molecular weight excluding hydrogens is 245 g/mol. The Bertz CT molecular complexity index is 553. The number of hydrogen-bond acceptors (Lipinski definition) is 3. The standard InChI is InChI=1S/C14H18FN3O/c1-10-3-4-12(7-14(10)15)11(2)17-13-8-16-18(9-13)5-6-19/h3-4,7-9,11,17,19H,5-6H2,1-2H3. The molecule has 1 aromatic carbocycles. The number of nitrogens with one attached hydrogen (secondary N) is 1. The fraction of sp³-hybridized carbons (Fsp3) is 0.357. The van der Waals surface area contributed by atoms with Crippen LogP contribution in [0, 0.1) is 12.7 Å². The molecule has 1 heterocycles. The van der Waals surface area contributed by atoms with Gasteiger partial charge in [-0.05, 0) is 31.0 Å². The highest BCUT2D eigenvalue weighted by Gasteiger charge is 2.08. The summed E-state index contributed by atoms with van der Waals surface area (Å²) in [6.07, 6.45) is 3.51. The first kappa shape index (κ1) is 13.5. The maximum Gasteiger partial charge on any atom is 0.126 e. The van der Waals surface area contributed by atoms with Crippen LogP contribution in [-0.4, -0.2) is 21.5 Å². The van der Waals surface area contributed by atoms with Crippen molar-refractivity contribution in [2.75, 3.05) is 11.9 Å². The molecule has 0 saturated heterocycles. The predicted molar refractivity (Wildman–Crippen MR) is 72.5 cm³/mol. The maximum atomic E-state index is 13.5. The number of aliphatic hydroxyl groups excluding tert-OH is 1. The van der Waals surface area contributed by atoms with Gasteiger partial charge in [0.2, 0.25) is 0 Å². The lowest BCUT2D eigenvalue weighted by Crippen LogP contribution is -2.07. The number of aliphatic hydroxyl groups is 1. The van der Waals surface area contributed by atoms with Crippen LogP contribution in [0.15, 0.2) is 30.6 Å². The smallest absolute Gasteiger partial charge is 0.126 e. The molecule has 0 aliphatic heterocycles. The third kappa shape index (κ3) is 3.32. The zero-order chi connectivity index (χ0) is 13.8. The lowest BCUT2D eigenvalue weighted by molar-refractivity contribution is 0.269. The van der Waals surface area contributed by atoms with Gasteiger partial charge >= 0.3 is 0 Å². The zero-order valence-corrected chi connectivity index (χ0v) is 11.1. The Labute approximate surface area is 111 Å². The average molecular weight is 263 g/mol. The summed E-state index contributed by atoms with van der Waals surface area (Å²) in [7, 11) is 0. The summed E-state index contributed by atoms with van der Waals surface area (Å²) < 4.78 is 15.2. The summed E-state index contributed by atoms with van der Waals surface area (Å²) in [5.74, 6) is -0.192. The summed E-state index contributed by atoms with van der Waals surface area (Å²) in [6.45, 7) is 4.23. The second-order valence-corrected chi connectivity index (χ2v) is 4.59. The number of aromatic nitrogens is 2. The van der Waals surface area contributed by atoms with E-state index in [2.05, 4.69) is 10.4 Å². The largest absolute Gasteiger partial charge is 0.394 e. The molecule has 0 bridgehead atoms. The highest BCUT2D eigenvalue weighted by molar-refractivity contribution is 5.41. The first-order valence-electron chi connectivity index (χ1n) is 6.26. The van der Waals surface area contributed by atoms with Crippen molar-refractivity contribution in [2.24, 2.45) is 0 Å². The van der Waals surface area contributed by atoms with Crippen LogP contribution < -0.4 is 5.32 Å². The Morgan fingerprint density at radius 1 is 1.47 bits per heavy atom. The lowest BCUT2D eigenvalue weighted by atomic mass is 10.1. The van der Waals surface area contributed by atoms with Gasteiger partial charge in [-0.2, -0.15) is 5.10 Å². The first-order valence-corrected chi connectivity index (χ1v) is 6.26. The molecule has 5 heteroatoms. The molecule has 102 valence electrons. The number of rotatable bonds is 5. The number of aryl methyl sites for hydroxylation is 1. The Morgan fingerprint density at radius 2 is 2.26 bits per heavy atom. The van der Waals surface area contributed by atoms with Crippen molar-refractivity contribution >= 4 is 5.69 Å². The van der Waals surface area contributed by atoms with Crippen LogP contribution in [0.25, 0.3) is 0 Å². The number of benzene rings is 1. The summed E-state index contributed by atoms with van der Waals surface area (Å²) in [5, 5.41) is 16.2. The minimum Gasteiger partial charge on any atom is -0.394 e. The minimum absolute atomic E-state index is 0.0122. The highest BCUT2D eigenvalue weighted by Crippen LogP contribution is 2.20. The third-order valence-corrected chi connectivity index (χ3v) is 3.04. The number of halogens is 1. The fourth-order valence-corrected chi connectivity index (χ4v) is 1.87. The normalized spacial score (nSPS) is 12.4. The van der Waals surface area contributed by atoms with E-state index in [0.29, 0.717) is 12.1 Å². The summed E-state index contributed by atoms with van der Waals surface area (Å²) in [4.78, 5) is 0. The molecule has 0 aliphatic carbocycles. The number of nitrogens with zero attached hydrogens (tertiary/aromatic N) is 2. The van der Waals surface area contributed by atoms with E-state index in [4.69, 9.17) is 5.11 Å². The third-order valence-electron chi connectivity index (χ3n) is 3.04. The fourth-order valence-electron chi connectivity index (χ4n) is 1.87. The molecule has 0 fully saturated rings. The van der Waals surface area contributed by atoms with Gasteiger partial charge in [0.25, 0.3) is 0 Å². The molecule has 1 unspecified atom stereocenters. The monoisotopic (exact) mass is 263 g/mol. The van der Waals surface area contributed by atoms with Gasteiger partial charge in [-0.3, -0.25) is 4.68 Å². The van der Waals surface area contributed by atoms with Crippen LogP contribution in [0.4, 0.5) is 10.1 Å². The molecule has 0 radical (unpaired) electrons. The molecule has 2 aromatic rings. The van der Waals surface area contributed by atoms with Crippen LogP contribution >= 0.6 is 0 Å². The molecule has 1 aromatic heterocycles. The van der Waals surface area contributed by atoms with E-state index in [1.165, 1.54) is 0 Å². The van der Waals surface area contributed by atoms with Gasteiger partial charge < -0.3 is 10.4 Å². The van der Waals surface area contributed by atoms with Gasteiger partial charge in [0.15, 0.2) is 0 Å². The summed E-state index contributed by atoms with van der Waals surface area (Å²) in [6, 6.07) is 5.22. The van der Waals surface area contributed by atoms with Crippen molar-refractivity contribution in [3.05, 3.63) is 47.5 Å². The van der Waals surface area contributed by atoms with Crippen LogP contribution in [0.2, 0.25) is 0 Å². The predicted octanol–water partition coefficient (Wildman–Crippen LogP) is 2.50. The molecule has 0 amide bonds. The van der Waals surface area contributed by atoms with E-state index in [0.717, 1.165) is 11.3 Å². The molecule has 2 rings (SSSR count). The molecule has 0 spiro atoms. The van der Waals surface area contributed by atoms with Crippen molar-refractivity contribution in [2.45, 2.75) is 26.4 Å². The van der Waals surface area contributed by atoms with Gasteiger partial charge in [-0.25, -0.2) is 4.39 Å². The Kier molecular flexibility index (Phi) is 4.16. The minimum atomic E-state index is -0.192. The van der Waals surface area contributed by atoms with Crippen LogP contribution in [0.1, 0.15) is 24.1 Å². The summed E-state index contributed by atoms with van der Waals surface area (Å²) >= 11 is 0. The topological polar surface area (TPSA) is 50.1 Å². The van der Waals surface area contributed by atoms with Crippen molar-refractivity contribution in [3.8, 4) is 0 Å². The molecule has 0 aliphatic rings. The van der Waals surface area contributed by atoms with E-state index in [1.807, 2.05) is 19.2 Å². The SMILES string of the molecule is Cc1ccc(C(C)Nc2cnn(CCO)c2)cc1F. The number of hydrogen-bond donors (Lipinski definition) is 2. The highest BCUT2D eigenvalue weighted by atomic mass is 19.1. The van der Waals surface area contributed by atoms with E-state index in [-0.39, 0.29) is 18.5 Å². The van der Waals surface area contributed by atoms with Crippen molar-refractivity contribution < 1.29 is 9.50 Å². The second kappa shape index (κ2) is 5.84. The second-order valence-electron chi connectivity index (χ2n) is 4.59. The van der Waals surface area contributed by atoms with Crippen LogP contribution in [0.5, 0.6) is 0 Å².